The van der Waals surface area contributed by atoms with Gasteiger partial charge < -0.3 is 9.47 Å². The molecule has 0 fully saturated rings. The SMILES string of the molecule is CCOc1cc(C=Nc2ccccc2)ccc1OCc1ccccc1. The first kappa shape index (κ1) is 16.8. The minimum atomic E-state index is 0.512. The highest BCUT2D eigenvalue weighted by molar-refractivity contribution is 5.83. The highest BCUT2D eigenvalue weighted by Crippen LogP contribution is 2.29. The van der Waals surface area contributed by atoms with Crippen LogP contribution in [0.1, 0.15) is 18.1 Å². The summed E-state index contributed by atoms with van der Waals surface area (Å²) in [5.41, 5.74) is 3.02. The average Bonchev–Trinajstić information content (AvgIpc) is 2.67. The molecule has 0 N–H and O–H groups in total. The molecule has 0 bridgehead atoms. The molecule has 25 heavy (non-hydrogen) atoms. The zero-order valence-corrected chi connectivity index (χ0v) is 14.3. The second-order valence-electron chi connectivity index (χ2n) is 5.51. The van der Waals surface area contributed by atoms with Gasteiger partial charge in [-0.25, -0.2) is 0 Å². The van der Waals surface area contributed by atoms with Gasteiger partial charge in [-0.05, 0) is 48.4 Å². The van der Waals surface area contributed by atoms with Crippen LogP contribution in [0.4, 0.5) is 5.69 Å². The van der Waals surface area contributed by atoms with Crippen molar-refractivity contribution in [1.82, 2.24) is 0 Å². The predicted octanol–water partition coefficient (Wildman–Crippen LogP) is 5.41. The van der Waals surface area contributed by atoms with Crippen molar-refractivity contribution in [2.75, 3.05) is 6.61 Å². The topological polar surface area (TPSA) is 30.8 Å². The molecule has 0 saturated carbocycles. The molecule has 0 aliphatic rings. The summed E-state index contributed by atoms with van der Waals surface area (Å²) < 4.78 is 11.7. The number of para-hydroxylation sites is 1. The molecular formula is C22H21NO2. The molecule has 0 aliphatic carbocycles. The van der Waals surface area contributed by atoms with Gasteiger partial charge in [-0.3, -0.25) is 4.99 Å². The van der Waals surface area contributed by atoms with Crippen LogP contribution in [0, 0.1) is 0 Å². The van der Waals surface area contributed by atoms with Gasteiger partial charge in [-0.15, -0.1) is 0 Å². The van der Waals surface area contributed by atoms with Crippen molar-refractivity contribution in [3.8, 4) is 11.5 Å². The smallest absolute Gasteiger partial charge is 0.161 e. The van der Waals surface area contributed by atoms with E-state index in [9.17, 15) is 0 Å². The molecule has 0 heterocycles. The normalized spacial score (nSPS) is 10.8. The van der Waals surface area contributed by atoms with Crippen LogP contribution in [-0.2, 0) is 6.61 Å². The van der Waals surface area contributed by atoms with Crippen LogP contribution in [0.2, 0.25) is 0 Å². The third kappa shape index (κ3) is 4.95. The van der Waals surface area contributed by atoms with E-state index in [1.165, 1.54) is 0 Å². The second kappa shape index (κ2) is 8.69. The van der Waals surface area contributed by atoms with E-state index in [1.54, 1.807) is 0 Å². The summed E-state index contributed by atoms with van der Waals surface area (Å²) in [6.45, 7) is 3.06. The Morgan fingerprint density at radius 1 is 0.800 bits per heavy atom. The lowest BCUT2D eigenvalue weighted by molar-refractivity contribution is 0.269. The van der Waals surface area contributed by atoms with Crippen molar-refractivity contribution in [2.24, 2.45) is 4.99 Å². The summed E-state index contributed by atoms with van der Waals surface area (Å²) in [6, 6.07) is 25.8. The molecule has 3 aromatic rings. The molecule has 0 atom stereocenters. The summed E-state index contributed by atoms with van der Waals surface area (Å²) in [5, 5.41) is 0. The van der Waals surface area contributed by atoms with Gasteiger partial charge in [0, 0.05) is 6.21 Å². The summed E-state index contributed by atoms with van der Waals surface area (Å²) in [6.07, 6.45) is 1.83. The van der Waals surface area contributed by atoms with Gasteiger partial charge in [0.25, 0.3) is 0 Å². The van der Waals surface area contributed by atoms with E-state index in [0.717, 1.165) is 28.3 Å². The summed E-state index contributed by atoms with van der Waals surface area (Å²) in [7, 11) is 0. The van der Waals surface area contributed by atoms with Crippen molar-refractivity contribution in [3.05, 3.63) is 90.0 Å². The largest absolute Gasteiger partial charge is 0.490 e. The Bertz CT molecular complexity index is 814. The maximum absolute atomic E-state index is 5.92. The van der Waals surface area contributed by atoms with Gasteiger partial charge in [-0.2, -0.15) is 0 Å². The average molecular weight is 331 g/mol. The van der Waals surface area contributed by atoms with Crippen molar-refractivity contribution in [1.29, 1.82) is 0 Å². The maximum Gasteiger partial charge on any atom is 0.161 e. The third-order valence-corrected chi connectivity index (χ3v) is 3.62. The van der Waals surface area contributed by atoms with E-state index in [1.807, 2.05) is 92.0 Å². The Kier molecular flexibility index (Phi) is 5.83. The Labute approximate surface area is 148 Å². The van der Waals surface area contributed by atoms with E-state index in [0.29, 0.717) is 13.2 Å². The molecule has 0 saturated heterocycles. The predicted molar refractivity (Wildman–Crippen MR) is 102 cm³/mol. The molecule has 126 valence electrons. The van der Waals surface area contributed by atoms with Crippen molar-refractivity contribution >= 4 is 11.9 Å². The number of ether oxygens (including phenoxy) is 2. The molecule has 3 aromatic carbocycles. The molecule has 3 heteroatoms. The van der Waals surface area contributed by atoms with Gasteiger partial charge in [0.2, 0.25) is 0 Å². The lowest BCUT2D eigenvalue weighted by Gasteiger charge is -2.12. The highest BCUT2D eigenvalue weighted by Gasteiger charge is 2.06. The van der Waals surface area contributed by atoms with E-state index in [4.69, 9.17) is 9.47 Å². The zero-order chi connectivity index (χ0) is 17.3. The fourth-order valence-corrected chi connectivity index (χ4v) is 2.39. The van der Waals surface area contributed by atoms with Gasteiger partial charge in [0.15, 0.2) is 11.5 Å². The molecule has 0 aromatic heterocycles. The first-order valence-electron chi connectivity index (χ1n) is 8.38. The lowest BCUT2D eigenvalue weighted by Crippen LogP contribution is -2.00. The van der Waals surface area contributed by atoms with Crippen LogP contribution in [-0.4, -0.2) is 12.8 Å². The Hall–Kier alpha value is -3.07. The van der Waals surface area contributed by atoms with Crippen LogP contribution >= 0.6 is 0 Å². The molecular weight excluding hydrogens is 310 g/mol. The molecule has 0 amide bonds. The zero-order valence-electron chi connectivity index (χ0n) is 14.3. The van der Waals surface area contributed by atoms with Crippen molar-refractivity contribution in [2.45, 2.75) is 13.5 Å². The molecule has 0 unspecified atom stereocenters. The molecule has 0 radical (unpaired) electrons. The first-order chi connectivity index (χ1) is 12.3. The lowest BCUT2D eigenvalue weighted by atomic mass is 10.2. The molecule has 0 spiro atoms. The van der Waals surface area contributed by atoms with Gasteiger partial charge in [0.1, 0.15) is 6.61 Å². The standard InChI is InChI=1S/C22H21NO2/c1-2-24-22-15-19(16-23-20-11-7-4-8-12-20)13-14-21(22)25-17-18-9-5-3-6-10-18/h3-16H,2,17H2,1H3. The van der Waals surface area contributed by atoms with E-state index in [2.05, 4.69) is 4.99 Å². The third-order valence-electron chi connectivity index (χ3n) is 3.62. The Balaban J connectivity index is 1.74. The van der Waals surface area contributed by atoms with Crippen LogP contribution in [0.5, 0.6) is 11.5 Å². The van der Waals surface area contributed by atoms with Gasteiger partial charge in [0.05, 0.1) is 12.3 Å². The Morgan fingerprint density at radius 2 is 1.52 bits per heavy atom. The van der Waals surface area contributed by atoms with Crippen LogP contribution < -0.4 is 9.47 Å². The number of rotatable bonds is 7. The van der Waals surface area contributed by atoms with E-state index >= 15 is 0 Å². The number of aliphatic imine (C=N–C) groups is 1. The van der Waals surface area contributed by atoms with Crippen LogP contribution in [0.15, 0.2) is 83.9 Å². The Morgan fingerprint density at radius 3 is 2.24 bits per heavy atom. The molecule has 3 nitrogen and oxygen atoms in total. The monoisotopic (exact) mass is 331 g/mol. The van der Waals surface area contributed by atoms with Crippen molar-refractivity contribution < 1.29 is 9.47 Å². The number of benzene rings is 3. The first-order valence-corrected chi connectivity index (χ1v) is 8.38. The molecule has 0 aliphatic heterocycles. The molecule has 3 rings (SSSR count). The van der Waals surface area contributed by atoms with Gasteiger partial charge >= 0.3 is 0 Å². The quantitative estimate of drug-likeness (QED) is 0.542. The minimum Gasteiger partial charge on any atom is -0.490 e. The minimum absolute atomic E-state index is 0.512. The van der Waals surface area contributed by atoms with Crippen LogP contribution in [0.25, 0.3) is 0 Å². The number of hydrogen-bond donors (Lipinski definition) is 0. The van der Waals surface area contributed by atoms with Crippen LogP contribution in [0.3, 0.4) is 0 Å². The fraction of sp³-hybridized carbons (Fsp3) is 0.136. The second-order valence-corrected chi connectivity index (χ2v) is 5.51. The van der Waals surface area contributed by atoms with E-state index < -0.39 is 0 Å². The summed E-state index contributed by atoms with van der Waals surface area (Å²) in [5.74, 6) is 1.47. The summed E-state index contributed by atoms with van der Waals surface area (Å²) >= 11 is 0. The number of nitrogens with zero attached hydrogens (tertiary/aromatic N) is 1. The fourth-order valence-electron chi connectivity index (χ4n) is 2.39. The van der Waals surface area contributed by atoms with Gasteiger partial charge in [-0.1, -0.05) is 48.5 Å². The maximum atomic E-state index is 5.92. The highest BCUT2D eigenvalue weighted by atomic mass is 16.5. The van der Waals surface area contributed by atoms with E-state index in [-0.39, 0.29) is 0 Å². The van der Waals surface area contributed by atoms with Crippen molar-refractivity contribution in [3.63, 3.8) is 0 Å². The number of hydrogen-bond acceptors (Lipinski definition) is 3. The summed E-state index contributed by atoms with van der Waals surface area (Å²) in [4.78, 5) is 4.48.